The average Bonchev–Trinajstić information content (AvgIpc) is 3.13. The standard InChI is InChI=1S/C14H14F3N3O2S/c1-19-12(14(15,16)17)8-9(18-19)10-2-3-11(23-10)13(21)20-4-6-22-7-5-20/h2-3,8H,4-7H2,1H3. The first-order valence-electron chi connectivity index (χ1n) is 6.95. The van der Waals surface area contributed by atoms with Crippen molar-refractivity contribution in [2.75, 3.05) is 26.3 Å². The van der Waals surface area contributed by atoms with Gasteiger partial charge < -0.3 is 9.64 Å². The molecular formula is C14H14F3N3O2S. The lowest BCUT2D eigenvalue weighted by molar-refractivity contribution is -0.143. The van der Waals surface area contributed by atoms with Gasteiger partial charge in [0.05, 0.1) is 23.0 Å². The van der Waals surface area contributed by atoms with Crippen molar-refractivity contribution in [3.05, 3.63) is 28.8 Å². The molecule has 124 valence electrons. The Kier molecular flexibility index (Phi) is 4.15. The number of nitrogens with zero attached hydrogens (tertiary/aromatic N) is 3. The van der Waals surface area contributed by atoms with Gasteiger partial charge in [-0.25, -0.2) is 0 Å². The number of carbonyl (C=O) groups excluding carboxylic acids is 1. The molecule has 0 aromatic carbocycles. The van der Waals surface area contributed by atoms with Gasteiger partial charge in [-0.1, -0.05) is 0 Å². The SMILES string of the molecule is Cn1nc(-c2ccc(C(=O)N3CCOCC3)s2)cc1C(F)(F)F. The highest BCUT2D eigenvalue weighted by atomic mass is 32.1. The van der Waals surface area contributed by atoms with Crippen LogP contribution in [0.25, 0.3) is 10.6 Å². The maximum atomic E-state index is 12.8. The average molecular weight is 345 g/mol. The van der Waals surface area contributed by atoms with Crippen molar-refractivity contribution >= 4 is 17.2 Å². The Morgan fingerprint density at radius 3 is 2.61 bits per heavy atom. The van der Waals surface area contributed by atoms with Crippen LogP contribution in [0.15, 0.2) is 18.2 Å². The van der Waals surface area contributed by atoms with E-state index in [1.807, 2.05) is 0 Å². The molecule has 3 rings (SSSR count). The van der Waals surface area contributed by atoms with Crippen molar-refractivity contribution in [1.29, 1.82) is 0 Å². The Morgan fingerprint density at radius 1 is 1.30 bits per heavy atom. The van der Waals surface area contributed by atoms with Crippen LogP contribution in [-0.2, 0) is 18.0 Å². The number of ether oxygens (including phenoxy) is 1. The minimum absolute atomic E-state index is 0.128. The number of hydrogen-bond acceptors (Lipinski definition) is 4. The maximum absolute atomic E-state index is 12.8. The molecule has 1 amide bonds. The number of amides is 1. The minimum atomic E-state index is -4.45. The zero-order chi connectivity index (χ0) is 16.6. The Labute approximate surface area is 134 Å². The summed E-state index contributed by atoms with van der Waals surface area (Å²) in [6, 6.07) is 4.25. The summed E-state index contributed by atoms with van der Waals surface area (Å²) >= 11 is 1.15. The van der Waals surface area contributed by atoms with E-state index in [1.54, 1.807) is 17.0 Å². The van der Waals surface area contributed by atoms with Gasteiger partial charge in [-0.3, -0.25) is 9.48 Å². The van der Waals surface area contributed by atoms with E-state index in [1.165, 1.54) is 7.05 Å². The van der Waals surface area contributed by atoms with Crippen molar-refractivity contribution in [2.45, 2.75) is 6.18 Å². The third kappa shape index (κ3) is 3.25. The van der Waals surface area contributed by atoms with Crippen LogP contribution in [0.2, 0.25) is 0 Å². The fraction of sp³-hybridized carbons (Fsp3) is 0.429. The van der Waals surface area contributed by atoms with Crippen molar-refractivity contribution in [2.24, 2.45) is 7.05 Å². The fourth-order valence-corrected chi connectivity index (χ4v) is 3.30. The number of thiophene rings is 1. The normalized spacial score (nSPS) is 15.9. The van der Waals surface area contributed by atoms with Crippen molar-refractivity contribution in [3.8, 4) is 10.6 Å². The summed E-state index contributed by atoms with van der Waals surface area (Å²) in [5.74, 6) is -0.128. The minimum Gasteiger partial charge on any atom is -0.378 e. The van der Waals surface area contributed by atoms with Gasteiger partial charge in [0.1, 0.15) is 11.4 Å². The second-order valence-corrected chi connectivity index (χ2v) is 6.19. The van der Waals surface area contributed by atoms with Crippen LogP contribution < -0.4 is 0 Å². The molecule has 5 nitrogen and oxygen atoms in total. The van der Waals surface area contributed by atoms with Crippen LogP contribution in [0.4, 0.5) is 13.2 Å². The Bertz CT molecular complexity index is 717. The van der Waals surface area contributed by atoms with Gasteiger partial charge in [-0.15, -0.1) is 11.3 Å². The molecule has 0 saturated carbocycles. The summed E-state index contributed by atoms with van der Waals surface area (Å²) in [6.45, 7) is 2.04. The summed E-state index contributed by atoms with van der Waals surface area (Å²) < 4.78 is 44.5. The van der Waals surface area contributed by atoms with Crippen LogP contribution in [0.3, 0.4) is 0 Å². The zero-order valence-electron chi connectivity index (χ0n) is 12.3. The van der Waals surface area contributed by atoms with Crippen LogP contribution in [0, 0.1) is 0 Å². The van der Waals surface area contributed by atoms with Gasteiger partial charge in [0.2, 0.25) is 0 Å². The topological polar surface area (TPSA) is 47.4 Å². The summed E-state index contributed by atoms with van der Waals surface area (Å²) in [5, 5.41) is 3.89. The lowest BCUT2D eigenvalue weighted by Crippen LogP contribution is -2.40. The molecule has 1 fully saturated rings. The second kappa shape index (κ2) is 5.97. The second-order valence-electron chi connectivity index (χ2n) is 5.10. The molecule has 1 aliphatic heterocycles. The molecule has 2 aromatic rings. The Balaban J connectivity index is 1.83. The molecular weight excluding hydrogens is 331 g/mol. The molecule has 0 radical (unpaired) electrons. The van der Waals surface area contributed by atoms with Crippen molar-refractivity contribution < 1.29 is 22.7 Å². The van der Waals surface area contributed by atoms with E-state index in [-0.39, 0.29) is 11.6 Å². The fourth-order valence-electron chi connectivity index (χ4n) is 2.37. The molecule has 1 aliphatic rings. The molecule has 0 bridgehead atoms. The van der Waals surface area contributed by atoms with Gasteiger partial charge >= 0.3 is 6.18 Å². The number of morpholine rings is 1. The quantitative estimate of drug-likeness (QED) is 0.841. The van der Waals surface area contributed by atoms with E-state index in [2.05, 4.69) is 5.10 Å². The van der Waals surface area contributed by atoms with Gasteiger partial charge in [-0.05, 0) is 18.2 Å². The number of carbonyl (C=O) groups is 1. The molecule has 3 heterocycles. The number of aryl methyl sites for hydroxylation is 1. The highest BCUT2D eigenvalue weighted by Gasteiger charge is 2.35. The molecule has 23 heavy (non-hydrogen) atoms. The highest BCUT2D eigenvalue weighted by molar-refractivity contribution is 7.17. The van der Waals surface area contributed by atoms with Gasteiger partial charge in [0.15, 0.2) is 0 Å². The third-order valence-electron chi connectivity index (χ3n) is 3.54. The zero-order valence-corrected chi connectivity index (χ0v) is 13.1. The summed E-state index contributed by atoms with van der Waals surface area (Å²) in [4.78, 5) is 15.1. The number of hydrogen-bond donors (Lipinski definition) is 0. The summed E-state index contributed by atoms with van der Waals surface area (Å²) in [7, 11) is 1.25. The molecule has 0 spiro atoms. The molecule has 0 N–H and O–H groups in total. The number of halogens is 3. The number of aromatic nitrogens is 2. The largest absolute Gasteiger partial charge is 0.433 e. The smallest absolute Gasteiger partial charge is 0.378 e. The predicted octanol–water partition coefficient (Wildman–Crippen LogP) is 2.64. The highest BCUT2D eigenvalue weighted by Crippen LogP contribution is 2.34. The van der Waals surface area contributed by atoms with Gasteiger partial charge in [0.25, 0.3) is 5.91 Å². The predicted molar refractivity (Wildman–Crippen MR) is 78.2 cm³/mol. The maximum Gasteiger partial charge on any atom is 0.433 e. The van der Waals surface area contributed by atoms with E-state index in [0.717, 1.165) is 22.1 Å². The van der Waals surface area contributed by atoms with Gasteiger partial charge in [0, 0.05) is 20.1 Å². The van der Waals surface area contributed by atoms with E-state index >= 15 is 0 Å². The third-order valence-corrected chi connectivity index (χ3v) is 4.63. The lowest BCUT2D eigenvalue weighted by atomic mass is 10.3. The van der Waals surface area contributed by atoms with E-state index in [4.69, 9.17) is 4.74 Å². The molecule has 2 aromatic heterocycles. The van der Waals surface area contributed by atoms with Crippen LogP contribution in [0.5, 0.6) is 0 Å². The van der Waals surface area contributed by atoms with E-state index in [0.29, 0.717) is 36.1 Å². The summed E-state index contributed by atoms with van der Waals surface area (Å²) in [6.07, 6.45) is -4.45. The monoisotopic (exact) mass is 345 g/mol. The first-order chi connectivity index (χ1) is 10.9. The molecule has 0 atom stereocenters. The Hall–Kier alpha value is -1.87. The van der Waals surface area contributed by atoms with Gasteiger partial charge in [-0.2, -0.15) is 18.3 Å². The molecule has 1 saturated heterocycles. The summed E-state index contributed by atoms with van der Waals surface area (Å²) in [5.41, 5.74) is -0.604. The van der Waals surface area contributed by atoms with Crippen LogP contribution in [0.1, 0.15) is 15.4 Å². The lowest BCUT2D eigenvalue weighted by Gasteiger charge is -2.26. The first kappa shape index (κ1) is 16.0. The molecule has 0 unspecified atom stereocenters. The van der Waals surface area contributed by atoms with Crippen molar-refractivity contribution in [1.82, 2.24) is 14.7 Å². The van der Waals surface area contributed by atoms with E-state index < -0.39 is 11.9 Å². The van der Waals surface area contributed by atoms with Crippen LogP contribution >= 0.6 is 11.3 Å². The number of alkyl halides is 3. The van der Waals surface area contributed by atoms with Crippen molar-refractivity contribution in [3.63, 3.8) is 0 Å². The van der Waals surface area contributed by atoms with Crippen LogP contribution in [-0.4, -0.2) is 46.9 Å². The number of rotatable bonds is 2. The Morgan fingerprint density at radius 2 is 2.00 bits per heavy atom. The van der Waals surface area contributed by atoms with E-state index in [9.17, 15) is 18.0 Å². The first-order valence-corrected chi connectivity index (χ1v) is 7.76. The molecule has 9 heteroatoms. The molecule has 0 aliphatic carbocycles.